The van der Waals surface area contributed by atoms with Crippen LogP contribution in [0.5, 0.6) is 11.8 Å². The molecule has 0 aliphatic carbocycles. The molecule has 13 heteroatoms. The minimum atomic E-state index is -1.97. The Bertz CT molecular complexity index is 716. The third-order valence-electron chi connectivity index (χ3n) is 2.81. The summed E-state index contributed by atoms with van der Waals surface area (Å²) in [6.07, 6.45) is 0. The monoisotopic (exact) mass is 393 g/mol. The standard InChI is InChI=1S/C11H4B6BrClFN3O/c12-10(13,14)7(11(15,16)17)23-9(21-8(18)22-23)24-6-2-4(19)1-5(20)3-6/h1-3,7H. The molecule has 0 bridgehead atoms. The van der Waals surface area contributed by atoms with Gasteiger partial charge in [0.25, 0.3) is 0 Å². The Morgan fingerprint density at radius 3 is 2.21 bits per heavy atom. The predicted octanol–water partition coefficient (Wildman–Crippen LogP) is 1.32. The minimum absolute atomic E-state index is 0.0354. The Labute approximate surface area is 160 Å². The molecule has 2 aromatic rings. The molecule has 0 aliphatic rings. The van der Waals surface area contributed by atoms with Crippen molar-refractivity contribution in [1.29, 1.82) is 0 Å². The maximum atomic E-state index is 13.4. The van der Waals surface area contributed by atoms with E-state index in [1.54, 1.807) is 0 Å². The van der Waals surface area contributed by atoms with Crippen molar-refractivity contribution >= 4 is 74.6 Å². The second-order valence-corrected chi connectivity index (χ2v) is 6.36. The summed E-state index contributed by atoms with van der Waals surface area (Å²) in [7, 11) is 34.2. The highest BCUT2D eigenvalue weighted by molar-refractivity contribution is 9.10. The average molecular weight is 393 g/mol. The highest BCUT2D eigenvalue weighted by Crippen LogP contribution is 2.44. The van der Waals surface area contributed by atoms with E-state index in [-0.39, 0.29) is 21.5 Å². The van der Waals surface area contributed by atoms with Crippen molar-refractivity contribution in [2.75, 3.05) is 0 Å². The van der Waals surface area contributed by atoms with E-state index in [0.717, 1.165) is 16.8 Å². The molecule has 12 radical (unpaired) electrons. The zero-order valence-electron chi connectivity index (χ0n) is 12.2. The van der Waals surface area contributed by atoms with Gasteiger partial charge in [-0.05, 0) is 28.1 Å². The van der Waals surface area contributed by atoms with Crippen LogP contribution in [0.15, 0.2) is 22.9 Å². The molecule has 0 atom stereocenters. The zero-order valence-corrected chi connectivity index (χ0v) is 14.5. The van der Waals surface area contributed by atoms with Crippen LogP contribution in [0, 0.1) is 5.82 Å². The predicted molar refractivity (Wildman–Crippen MR) is 98.2 cm³/mol. The summed E-state index contributed by atoms with van der Waals surface area (Å²) >= 11 is 8.84. The van der Waals surface area contributed by atoms with E-state index in [2.05, 4.69) is 26.0 Å². The number of rotatable bonds is 5. The molecule has 108 valence electrons. The van der Waals surface area contributed by atoms with Crippen LogP contribution in [0.1, 0.15) is 6.04 Å². The molecule has 0 saturated carbocycles. The lowest BCUT2D eigenvalue weighted by Gasteiger charge is -2.43. The molecule has 0 spiro atoms. The number of hydrogen-bond donors (Lipinski definition) is 0. The van der Waals surface area contributed by atoms with Gasteiger partial charge in [-0.25, -0.2) is 9.07 Å². The first-order valence-electron chi connectivity index (χ1n) is 6.37. The summed E-state index contributed by atoms with van der Waals surface area (Å²) < 4.78 is 20.0. The lowest BCUT2D eigenvalue weighted by molar-refractivity contribution is 0.351. The molecule has 0 amide bonds. The zero-order chi connectivity index (χ0) is 18.3. The number of benzene rings is 1. The van der Waals surface area contributed by atoms with Crippen molar-refractivity contribution in [3.05, 3.63) is 33.8 Å². The van der Waals surface area contributed by atoms with Crippen LogP contribution in [0.2, 0.25) is 15.2 Å². The van der Waals surface area contributed by atoms with Crippen molar-refractivity contribution < 1.29 is 9.13 Å². The Kier molecular flexibility index (Phi) is 5.60. The van der Waals surface area contributed by atoms with Crippen LogP contribution in [-0.2, 0) is 0 Å². The van der Waals surface area contributed by atoms with Crippen LogP contribution in [0.3, 0.4) is 0 Å². The maximum absolute atomic E-state index is 13.4. The van der Waals surface area contributed by atoms with E-state index in [0.29, 0.717) is 0 Å². The highest BCUT2D eigenvalue weighted by atomic mass is 79.9. The van der Waals surface area contributed by atoms with Gasteiger partial charge in [-0.1, -0.05) is 11.6 Å². The molecule has 2 rings (SSSR count). The van der Waals surface area contributed by atoms with E-state index in [1.807, 2.05) is 0 Å². The van der Waals surface area contributed by atoms with Crippen LogP contribution in [-0.4, -0.2) is 61.8 Å². The third-order valence-corrected chi connectivity index (χ3v) is 3.37. The average Bonchev–Trinajstić information content (AvgIpc) is 2.64. The summed E-state index contributed by atoms with van der Waals surface area (Å²) in [5.74, 6) is -0.580. The summed E-state index contributed by atoms with van der Waals surface area (Å²) in [4.78, 5) is 3.96. The molecular formula is C11H4B6BrClFN3O. The van der Waals surface area contributed by atoms with Crippen LogP contribution >= 0.6 is 27.5 Å². The molecule has 0 saturated heterocycles. The Morgan fingerprint density at radius 2 is 1.71 bits per heavy atom. The number of nitrogens with zero attached hydrogens (tertiary/aromatic N) is 3. The van der Waals surface area contributed by atoms with Crippen molar-refractivity contribution in [2.24, 2.45) is 0 Å². The van der Waals surface area contributed by atoms with Crippen LogP contribution in [0.25, 0.3) is 0 Å². The van der Waals surface area contributed by atoms with Crippen LogP contribution in [0.4, 0.5) is 4.39 Å². The van der Waals surface area contributed by atoms with Crippen molar-refractivity contribution in [1.82, 2.24) is 14.8 Å². The van der Waals surface area contributed by atoms with Gasteiger partial charge in [-0.15, -0.1) is 15.3 Å². The van der Waals surface area contributed by atoms with E-state index < -0.39 is 22.1 Å². The maximum Gasteiger partial charge on any atom is 0.321 e. The summed E-state index contributed by atoms with van der Waals surface area (Å²) in [5, 5.41) is 0.151. The lowest BCUT2D eigenvalue weighted by Crippen LogP contribution is -2.39. The summed E-state index contributed by atoms with van der Waals surface area (Å²) in [6, 6.07) is 2.02. The van der Waals surface area contributed by atoms with E-state index in [1.165, 1.54) is 6.07 Å². The quantitative estimate of drug-likeness (QED) is 0.720. The Hall–Kier alpha value is -0.750. The van der Waals surface area contributed by atoms with Gasteiger partial charge in [-0.3, -0.25) is 0 Å². The number of halogens is 3. The first-order chi connectivity index (χ1) is 10.9. The lowest BCUT2D eigenvalue weighted by atomic mass is 9.27. The van der Waals surface area contributed by atoms with Gasteiger partial charge in [0.2, 0.25) is 4.73 Å². The van der Waals surface area contributed by atoms with Crippen molar-refractivity contribution in [2.45, 2.75) is 16.3 Å². The Morgan fingerprint density at radius 1 is 1.12 bits per heavy atom. The van der Waals surface area contributed by atoms with Gasteiger partial charge in [-0.2, -0.15) is 4.98 Å². The molecule has 4 nitrogen and oxygen atoms in total. The van der Waals surface area contributed by atoms with Crippen molar-refractivity contribution in [3.8, 4) is 11.8 Å². The normalized spacial score (nSPS) is 12.5. The molecule has 1 aromatic carbocycles. The fourth-order valence-electron chi connectivity index (χ4n) is 2.07. The van der Waals surface area contributed by atoms with Gasteiger partial charge in [0, 0.05) is 17.1 Å². The summed E-state index contributed by atoms with van der Waals surface area (Å²) in [6.45, 7) is 0. The van der Waals surface area contributed by atoms with Gasteiger partial charge >= 0.3 is 6.01 Å². The minimum Gasteiger partial charge on any atom is -0.424 e. The van der Waals surface area contributed by atoms with Gasteiger partial charge in [0.1, 0.15) is 11.6 Å². The highest BCUT2D eigenvalue weighted by Gasteiger charge is 2.37. The molecule has 1 heterocycles. The second-order valence-electron chi connectivity index (χ2n) is 5.22. The number of hydrogen-bond acceptors (Lipinski definition) is 3. The third kappa shape index (κ3) is 4.66. The van der Waals surface area contributed by atoms with E-state index in [9.17, 15) is 4.39 Å². The molecule has 24 heavy (non-hydrogen) atoms. The van der Waals surface area contributed by atoms with Crippen molar-refractivity contribution in [3.63, 3.8) is 0 Å². The number of aromatic nitrogens is 3. The topological polar surface area (TPSA) is 39.9 Å². The molecule has 0 fully saturated rings. The second kappa shape index (κ2) is 6.87. The smallest absolute Gasteiger partial charge is 0.321 e. The molecule has 1 aromatic heterocycles. The molecule has 0 unspecified atom stereocenters. The first-order valence-corrected chi connectivity index (χ1v) is 7.54. The Balaban J connectivity index is 2.50. The molecule has 0 aliphatic heterocycles. The number of ether oxygens (including phenoxy) is 1. The largest absolute Gasteiger partial charge is 0.424 e. The van der Waals surface area contributed by atoms with Gasteiger partial charge in [0.15, 0.2) is 0 Å². The van der Waals surface area contributed by atoms with Gasteiger partial charge in [0.05, 0.1) is 47.1 Å². The van der Waals surface area contributed by atoms with E-state index in [4.69, 9.17) is 63.4 Å². The fraction of sp³-hybridized carbons (Fsp3) is 0.273. The summed E-state index contributed by atoms with van der Waals surface area (Å²) in [5.41, 5.74) is 0. The molecular weight excluding hydrogens is 389 g/mol. The SMILES string of the molecule is [B]C([B])([B])C(n1nc(Br)nc1Oc1cc(F)cc(Cl)c1)C([B])([B])[B]. The molecule has 0 N–H and O–H groups in total. The van der Waals surface area contributed by atoms with E-state index >= 15 is 0 Å². The fourth-order valence-corrected chi connectivity index (χ4v) is 2.61. The van der Waals surface area contributed by atoms with Gasteiger partial charge < -0.3 is 4.74 Å². The van der Waals surface area contributed by atoms with Crippen LogP contribution < -0.4 is 4.74 Å². The first kappa shape index (κ1) is 19.6.